The minimum Gasteiger partial charge on any atom is -0.260 e. The second kappa shape index (κ2) is 2.27. The van der Waals surface area contributed by atoms with Crippen molar-refractivity contribution < 1.29 is 4.11 Å². The number of hydrogen-bond acceptors (Lipinski definition) is 1. The van der Waals surface area contributed by atoms with Crippen LogP contribution in [0.2, 0.25) is 0 Å². The maximum absolute atomic E-state index is 7.05. The molecule has 8 heavy (non-hydrogen) atoms. The van der Waals surface area contributed by atoms with Crippen LogP contribution in [0.4, 0.5) is 0 Å². The molecule has 1 aromatic rings. The van der Waals surface area contributed by atoms with Crippen molar-refractivity contribution in [3.8, 4) is 0 Å². The zero-order chi connectivity index (χ0) is 8.48. The van der Waals surface area contributed by atoms with Gasteiger partial charge in [0.1, 0.15) is 0 Å². The number of nitrogens with zero attached hydrogens (tertiary/aromatic N) is 1. The van der Waals surface area contributed by atoms with Crippen molar-refractivity contribution in [2.24, 2.45) is 0 Å². The lowest BCUT2D eigenvalue weighted by molar-refractivity contribution is 1.18. The molecule has 1 rings (SSSR count). The summed E-state index contributed by atoms with van der Waals surface area (Å²) in [5, 5.41) is 0. The Labute approximate surface area is 61.1 Å². The predicted octanol–water partition coefficient (Wildman–Crippen LogP) is 2.15. The van der Waals surface area contributed by atoms with Crippen LogP contribution in [0.25, 0.3) is 0 Å². The highest BCUT2D eigenvalue weighted by atomic mass is 79.9. The van der Waals surface area contributed by atoms with Gasteiger partial charge in [0.25, 0.3) is 0 Å². The molecule has 0 bridgehead atoms. The Kier molecular flexibility index (Phi) is 0.841. The van der Waals surface area contributed by atoms with E-state index in [0.717, 1.165) is 0 Å². The third-order valence-electron chi connectivity index (χ3n) is 0.758. The zero-order valence-corrected chi connectivity index (χ0v) is 5.64. The normalized spacial score (nSPS) is 16.4. The SMILES string of the molecule is [2H]C([2H])([2H])c1ncccc1Br. The fraction of sp³-hybridized carbons (Fsp3) is 0.167. The molecule has 42 valence electrons. The minimum absolute atomic E-state index is 0.111. The molecule has 1 nitrogen and oxygen atoms in total. The molecule has 0 aromatic carbocycles. The van der Waals surface area contributed by atoms with Gasteiger partial charge in [-0.05, 0) is 34.9 Å². The molecule has 0 aliphatic carbocycles. The number of hydrogen-bond donors (Lipinski definition) is 0. The quantitative estimate of drug-likeness (QED) is 0.588. The molecule has 0 unspecified atom stereocenters. The van der Waals surface area contributed by atoms with Crippen LogP contribution < -0.4 is 0 Å². The van der Waals surface area contributed by atoms with E-state index in [1.54, 1.807) is 12.1 Å². The highest BCUT2D eigenvalue weighted by Gasteiger charge is 1.87. The first-order chi connectivity index (χ1) is 5.02. The third-order valence-corrected chi connectivity index (χ3v) is 1.40. The Hall–Kier alpha value is -0.370. The monoisotopic (exact) mass is 174 g/mol. The molecule has 0 saturated heterocycles. The Morgan fingerprint density at radius 1 is 1.88 bits per heavy atom. The minimum atomic E-state index is -2.12. The van der Waals surface area contributed by atoms with Crippen molar-refractivity contribution in [1.29, 1.82) is 0 Å². The van der Waals surface area contributed by atoms with Gasteiger partial charge in [-0.25, -0.2) is 0 Å². The van der Waals surface area contributed by atoms with Gasteiger partial charge in [-0.1, -0.05) is 0 Å². The van der Waals surface area contributed by atoms with Gasteiger partial charge in [0.2, 0.25) is 0 Å². The van der Waals surface area contributed by atoms with Crippen LogP contribution in [0, 0.1) is 6.85 Å². The van der Waals surface area contributed by atoms with Gasteiger partial charge in [0, 0.05) is 14.8 Å². The summed E-state index contributed by atoms with van der Waals surface area (Å²) in [6, 6.07) is 3.34. The molecule has 0 atom stereocenters. The van der Waals surface area contributed by atoms with E-state index in [4.69, 9.17) is 4.11 Å². The van der Waals surface area contributed by atoms with Crippen LogP contribution in [0.3, 0.4) is 0 Å². The lowest BCUT2D eigenvalue weighted by Gasteiger charge is -1.90. The van der Waals surface area contributed by atoms with E-state index in [1.807, 2.05) is 0 Å². The molecule has 0 aliphatic heterocycles. The summed E-state index contributed by atoms with van der Waals surface area (Å²) in [5.41, 5.74) is 0.111. The van der Waals surface area contributed by atoms with Crippen molar-refractivity contribution in [3.05, 3.63) is 28.5 Å². The van der Waals surface area contributed by atoms with E-state index in [-0.39, 0.29) is 5.69 Å². The molecule has 0 aliphatic rings. The molecule has 0 saturated carbocycles. The second-order valence-electron chi connectivity index (χ2n) is 1.33. The number of pyridine rings is 1. The first-order valence-electron chi connectivity index (χ1n) is 3.63. The Balaban J connectivity index is 3.14. The summed E-state index contributed by atoms with van der Waals surface area (Å²) >= 11 is 3.11. The number of halogens is 1. The van der Waals surface area contributed by atoms with E-state index in [2.05, 4.69) is 20.9 Å². The van der Waals surface area contributed by atoms with Crippen LogP contribution in [-0.2, 0) is 0 Å². The van der Waals surface area contributed by atoms with Crippen LogP contribution >= 0.6 is 15.9 Å². The van der Waals surface area contributed by atoms with Gasteiger partial charge in [-0.2, -0.15) is 0 Å². The van der Waals surface area contributed by atoms with Crippen LogP contribution in [-0.4, -0.2) is 4.98 Å². The topological polar surface area (TPSA) is 12.9 Å². The second-order valence-corrected chi connectivity index (χ2v) is 2.19. The molecular weight excluding hydrogens is 166 g/mol. The van der Waals surface area contributed by atoms with Crippen LogP contribution in [0.15, 0.2) is 22.8 Å². The first kappa shape index (κ1) is 2.97. The van der Waals surface area contributed by atoms with Crippen molar-refractivity contribution in [1.82, 2.24) is 4.98 Å². The highest BCUT2D eigenvalue weighted by molar-refractivity contribution is 9.10. The van der Waals surface area contributed by atoms with E-state index in [1.165, 1.54) is 6.20 Å². The van der Waals surface area contributed by atoms with Crippen molar-refractivity contribution in [2.45, 2.75) is 6.85 Å². The molecule has 0 spiro atoms. The predicted molar refractivity (Wildman–Crippen MR) is 36.7 cm³/mol. The molecule has 2 heteroatoms. The third kappa shape index (κ3) is 1.07. The molecule has 0 fully saturated rings. The molecule has 0 amide bonds. The number of aryl methyl sites for hydroxylation is 1. The van der Waals surface area contributed by atoms with E-state index < -0.39 is 6.85 Å². The summed E-state index contributed by atoms with van der Waals surface area (Å²) in [6.07, 6.45) is 1.46. The van der Waals surface area contributed by atoms with Crippen LogP contribution in [0.5, 0.6) is 0 Å². The lowest BCUT2D eigenvalue weighted by atomic mass is 10.4. The number of aromatic nitrogens is 1. The van der Waals surface area contributed by atoms with Crippen molar-refractivity contribution in [3.63, 3.8) is 0 Å². The van der Waals surface area contributed by atoms with Gasteiger partial charge in [-0.3, -0.25) is 4.98 Å². The summed E-state index contributed by atoms with van der Waals surface area (Å²) in [6.45, 7) is -2.12. The largest absolute Gasteiger partial charge is 0.260 e. The molecule has 1 heterocycles. The lowest BCUT2D eigenvalue weighted by Crippen LogP contribution is -1.77. The van der Waals surface area contributed by atoms with Gasteiger partial charge >= 0.3 is 0 Å². The Morgan fingerprint density at radius 2 is 2.75 bits per heavy atom. The summed E-state index contributed by atoms with van der Waals surface area (Å²) in [4.78, 5) is 3.74. The average molecular weight is 175 g/mol. The van der Waals surface area contributed by atoms with Crippen LogP contribution in [0.1, 0.15) is 9.81 Å². The fourth-order valence-electron chi connectivity index (χ4n) is 0.386. The maximum Gasteiger partial charge on any atom is 0.0514 e. The standard InChI is InChI=1S/C6H6BrN/c1-5-6(7)3-2-4-8-5/h2-4H,1H3/i1D3. The summed E-state index contributed by atoms with van der Waals surface area (Å²) in [7, 11) is 0. The van der Waals surface area contributed by atoms with E-state index >= 15 is 0 Å². The summed E-state index contributed by atoms with van der Waals surface area (Å²) < 4.78 is 21.7. The smallest absolute Gasteiger partial charge is 0.0514 e. The number of rotatable bonds is 0. The summed E-state index contributed by atoms with van der Waals surface area (Å²) in [5.74, 6) is 0. The maximum atomic E-state index is 7.05. The van der Waals surface area contributed by atoms with E-state index in [9.17, 15) is 0 Å². The Morgan fingerprint density at radius 3 is 3.25 bits per heavy atom. The van der Waals surface area contributed by atoms with Gasteiger partial charge in [0.05, 0.1) is 5.69 Å². The fourth-order valence-corrected chi connectivity index (χ4v) is 0.641. The van der Waals surface area contributed by atoms with Gasteiger partial charge < -0.3 is 0 Å². The molecule has 0 radical (unpaired) electrons. The molecule has 0 N–H and O–H groups in total. The van der Waals surface area contributed by atoms with E-state index in [0.29, 0.717) is 4.47 Å². The first-order valence-corrected chi connectivity index (χ1v) is 2.92. The van der Waals surface area contributed by atoms with Gasteiger partial charge in [-0.15, -0.1) is 0 Å². The zero-order valence-electron chi connectivity index (χ0n) is 7.06. The molecule has 1 aromatic heterocycles. The average Bonchev–Trinajstić information content (AvgIpc) is 1.86. The highest BCUT2D eigenvalue weighted by Crippen LogP contribution is 2.10. The Bertz CT molecular complexity index is 258. The van der Waals surface area contributed by atoms with Crippen molar-refractivity contribution in [2.75, 3.05) is 0 Å². The van der Waals surface area contributed by atoms with Crippen molar-refractivity contribution >= 4 is 15.9 Å². The molecular formula is C6H6BrN. The van der Waals surface area contributed by atoms with Gasteiger partial charge in [0.15, 0.2) is 0 Å².